The normalized spacial score (nSPS) is 0.800. The Kier molecular flexibility index (Phi) is 417000. The molecule has 0 rings (SSSR count). The third kappa shape index (κ3) is 63700. The van der Waals surface area contributed by atoms with Crippen LogP contribution in [-0.2, 0) is 17.1 Å². The molecule has 0 aliphatic carbocycles. The summed E-state index contributed by atoms with van der Waals surface area (Å²) in [6.45, 7) is 21.0. The van der Waals surface area contributed by atoms with Crippen molar-refractivity contribution in [3.8, 4) is 39.4 Å². The molecule has 0 saturated heterocycles. The second kappa shape index (κ2) is 75000. The zero-order valence-corrected chi connectivity index (χ0v) is 14.5. The van der Waals surface area contributed by atoms with Crippen LogP contribution in [0.2, 0.25) is 0 Å². The molecular weight excluding hydrogens is 378 g/mol. The molecule has 0 aromatic rings. The predicted molar refractivity (Wildman–Crippen MR) is 56.5 cm³/mol. The fourth-order valence-electron chi connectivity index (χ4n) is 0. The van der Waals surface area contributed by atoms with E-state index < -0.39 is 0 Å². The Morgan fingerprint density at radius 3 is 0.467 bits per heavy atom. The van der Waals surface area contributed by atoms with Crippen LogP contribution in [0.25, 0.3) is 0 Å². The van der Waals surface area contributed by atoms with Gasteiger partial charge in [0.2, 0.25) is 0 Å². The summed E-state index contributed by atoms with van der Waals surface area (Å²) in [5, 5.41) is 39.0. The van der Waals surface area contributed by atoms with Crippen LogP contribution in [0.4, 0.5) is 0 Å². The molecule has 0 radical (unpaired) electrons. The minimum Gasteiger partial charge on any atom is -1.00 e. The minimum absolute atomic E-state index is 0. The number of nitrogens with zero attached hydrogens (tertiary/aromatic N) is 6. The van der Waals surface area contributed by atoms with Gasteiger partial charge in [-0.1, -0.05) is 0 Å². The van der Waals surface area contributed by atoms with Crippen LogP contribution in [0.5, 0.6) is 0 Å². The molecular formula is C6H8FeIKN6. The van der Waals surface area contributed by atoms with Gasteiger partial charge < -0.3 is 1.43 Å². The molecule has 0 atom stereocenters. The van der Waals surface area contributed by atoms with E-state index in [9.17, 15) is 0 Å². The number of nitriles is 6. The Balaban J connectivity index is -0.00000000321. The van der Waals surface area contributed by atoms with E-state index in [2.05, 4.69) is 39.4 Å². The zero-order valence-electron chi connectivity index (χ0n) is 8.91. The molecule has 15 heavy (non-hydrogen) atoms. The van der Waals surface area contributed by atoms with Gasteiger partial charge in [-0.25, -0.2) is 31.6 Å². The maximum Gasteiger partial charge on any atom is 1.00 e. The molecule has 0 unspecified atom stereocenters. The van der Waals surface area contributed by atoms with Crippen molar-refractivity contribution in [1.82, 2.24) is 0 Å². The fourth-order valence-corrected chi connectivity index (χ4v) is 0. The van der Waals surface area contributed by atoms with Gasteiger partial charge in [0, 0.05) is 56.5 Å². The van der Waals surface area contributed by atoms with E-state index in [1.807, 2.05) is 0 Å². The van der Waals surface area contributed by atoms with Crippen LogP contribution in [0.1, 0.15) is 1.43 Å². The van der Waals surface area contributed by atoms with Crippen LogP contribution in [-0.4, -0.2) is 0 Å². The molecule has 0 aliphatic rings. The standard InChI is InChI=1S/6CHN.Fe.HI.K.H/c6*1-2;;;;/h6*1H;;1H;;/q;;;;;;;;+1;-1. The summed E-state index contributed by atoms with van der Waals surface area (Å²) in [4.78, 5) is 0. The van der Waals surface area contributed by atoms with E-state index in [0.717, 1.165) is 0 Å². The Morgan fingerprint density at radius 2 is 0.467 bits per heavy atom. The van der Waals surface area contributed by atoms with Gasteiger partial charge in [0.25, 0.3) is 0 Å². The van der Waals surface area contributed by atoms with Crippen molar-refractivity contribution in [3.63, 3.8) is 0 Å². The Labute approximate surface area is 162 Å². The summed E-state index contributed by atoms with van der Waals surface area (Å²) in [5.74, 6) is 0. The van der Waals surface area contributed by atoms with Gasteiger partial charge in [-0.15, -0.1) is 24.0 Å². The molecule has 0 saturated carbocycles. The third-order valence-corrected chi connectivity index (χ3v) is 0. The first-order chi connectivity index (χ1) is 6.00. The first kappa shape index (κ1) is 83.5. The summed E-state index contributed by atoms with van der Waals surface area (Å²) in [6, 6.07) is 0. The average molecular weight is 386 g/mol. The number of hydrogen-bond donors (Lipinski definition) is 0. The van der Waals surface area contributed by atoms with Gasteiger partial charge in [-0.05, 0) is 0 Å². The maximum absolute atomic E-state index is 6.50. The van der Waals surface area contributed by atoms with Crippen molar-refractivity contribution in [2.75, 3.05) is 0 Å². The maximum atomic E-state index is 6.50. The molecule has 0 fully saturated rings. The summed E-state index contributed by atoms with van der Waals surface area (Å²) in [5.41, 5.74) is 0. The van der Waals surface area contributed by atoms with Crippen molar-refractivity contribution in [3.05, 3.63) is 0 Å². The van der Waals surface area contributed by atoms with E-state index in [4.69, 9.17) is 31.6 Å². The fraction of sp³-hybridized carbons (Fsp3) is 0. The van der Waals surface area contributed by atoms with Gasteiger partial charge >= 0.3 is 51.4 Å². The molecule has 0 spiro atoms. The summed E-state index contributed by atoms with van der Waals surface area (Å²) < 4.78 is 0. The molecule has 6 nitrogen and oxygen atoms in total. The van der Waals surface area contributed by atoms with Crippen molar-refractivity contribution < 1.29 is 69.9 Å². The Morgan fingerprint density at radius 1 is 0.467 bits per heavy atom. The quantitative estimate of drug-likeness (QED) is 0.369. The van der Waals surface area contributed by atoms with Gasteiger partial charge in [-0.3, -0.25) is 0 Å². The van der Waals surface area contributed by atoms with E-state index in [0.29, 0.717) is 0 Å². The first-order valence-corrected chi connectivity index (χ1v) is 1.55. The van der Waals surface area contributed by atoms with E-state index in [1.54, 1.807) is 0 Å². The molecule has 0 aromatic carbocycles. The van der Waals surface area contributed by atoms with Gasteiger partial charge in [-0.2, -0.15) is 0 Å². The monoisotopic (exact) mass is 386 g/mol. The minimum atomic E-state index is 0. The number of rotatable bonds is 0. The van der Waals surface area contributed by atoms with Crippen molar-refractivity contribution in [2.24, 2.45) is 0 Å². The Bertz CT molecular complexity index is 108. The second-order valence-electron chi connectivity index (χ2n) is 0. The van der Waals surface area contributed by atoms with Crippen molar-refractivity contribution in [1.29, 1.82) is 31.6 Å². The molecule has 78 valence electrons. The molecule has 9 heteroatoms. The van der Waals surface area contributed by atoms with Gasteiger partial charge in [0.15, 0.2) is 0 Å². The van der Waals surface area contributed by atoms with Crippen LogP contribution < -0.4 is 51.4 Å². The van der Waals surface area contributed by atoms with Gasteiger partial charge in [0.05, 0.1) is 0 Å². The third-order valence-electron chi connectivity index (χ3n) is 0. The number of hydrogen-bond acceptors (Lipinski definition) is 6. The average Bonchev–Trinajstić information content (AvgIpc) is 2.33. The van der Waals surface area contributed by atoms with Crippen molar-refractivity contribution >= 4 is 24.0 Å². The van der Waals surface area contributed by atoms with E-state index in [1.165, 1.54) is 0 Å². The van der Waals surface area contributed by atoms with Crippen LogP contribution in [0.15, 0.2) is 0 Å². The van der Waals surface area contributed by atoms with Crippen molar-refractivity contribution in [2.45, 2.75) is 0 Å². The first-order valence-electron chi connectivity index (χ1n) is 1.55. The summed E-state index contributed by atoms with van der Waals surface area (Å²) in [7, 11) is 0. The number of halogens is 1. The second-order valence-corrected chi connectivity index (χ2v) is 0. The Hall–Kier alpha value is -0.174. The zero-order chi connectivity index (χ0) is 12.0. The molecule has 0 aliphatic heterocycles. The van der Waals surface area contributed by atoms with E-state index >= 15 is 0 Å². The van der Waals surface area contributed by atoms with E-state index in [-0.39, 0.29) is 93.9 Å². The topological polar surface area (TPSA) is 143 Å². The summed E-state index contributed by atoms with van der Waals surface area (Å²) >= 11 is 0. The molecule has 0 heterocycles. The molecule has 0 bridgehead atoms. The molecule has 0 aromatic heterocycles. The smallest absolute Gasteiger partial charge is 1.00 e. The predicted octanol–water partition coefficient (Wildman–Crippen LogP) is -1.43. The van der Waals surface area contributed by atoms with Gasteiger partial charge in [0.1, 0.15) is 0 Å². The SMILES string of the molecule is C#N.C#N.C#N.C#N.C#N.C#N.I.[Fe].[H-].[K+]. The molecule has 0 N–H and O–H groups in total. The largest absolute Gasteiger partial charge is 1.00 e. The van der Waals surface area contributed by atoms with Crippen LogP contribution >= 0.6 is 24.0 Å². The molecule has 0 amide bonds. The summed E-state index contributed by atoms with van der Waals surface area (Å²) in [6.07, 6.45) is 0. The van der Waals surface area contributed by atoms with Crippen LogP contribution in [0, 0.1) is 71.0 Å². The van der Waals surface area contributed by atoms with Crippen LogP contribution in [0.3, 0.4) is 0 Å².